The van der Waals surface area contributed by atoms with Crippen molar-refractivity contribution in [2.75, 3.05) is 23.3 Å². The zero-order valence-corrected chi connectivity index (χ0v) is 14.9. The molecule has 0 aliphatic carbocycles. The quantitative estimate of drug-likeness (QED) is 0.663. The van der Waals surface area contributed by atoms with E-state index in [1.807, 2.05) is 12.3 Å². The van der Waals surface area contributed by atoms with Crippen LogP contribution >= 0.6 is 0 Å². The summed E-state index contributed by atoms with van der Waals surface area (Å²) in [6.07, 6.45) is 6.26. The van der Waals surface area contributed by atoms with Crippen LogP contribution < -0.4 is 10.2 Å². The number of aryl methyl sites for hydroxylation is 2. The maximum absolute atomic E-state index is 4.74. The molecule has 4 heteroatoms. The standard InChI is InChI=1S/C22H24N4/c1-2-8-18(9-3-1)10-6-15-23-22-24-16-14-21(25-22)26-17-7-12-19-11-4-5-13-20(19)26/h1-5,8-9,11,13-14,16H,6-7,10,12,15,17H2,(H,23,24,25). The molecule has 0 spiro atoms. The summed E-state index contributed by atoms with van der Waals surface area (Å²) in [6, 6.07) is 21.2. The number of hydrogen-bond acceptors (Lipinski definition) is 4. The average molecular weight is 344 g/mol. The number of nitrogens with zero attached hydrogens (tertiary/aromatic N) is 3. The van der Waals surface area contributed by atoms with Gasteiger partial charge in [-0.05, 0) is 48.9 Å². The highest BCUT2D eigenvalue weighted by atomic mass is 15.2. The van der Waals surface area contributed by atoms with E-state index in [0.29, 0.717) is 5.95 Å². The lowest BCUT2D eigenvalue weighted by Gasteiger charge is -2.30. The van der Waals surface area contributed by atoms with Gasteiger partial charge in [-0.25, -0.2) is 4.98 Å². The molecular weight excluding hydrogens is 320 g/mol. The fraction of sp³-hybridized carbons (Fsp3) is 0.273. The molecule has 1 aliphatic rings. The molecule has 0 fully saturated rings. The van der Waals surface area contributed by atoms with E-state index in [2.05, 4.69) is 69.8 Å². The monoisotopic (exact) mass is 344 g/mol. The van der Waals surface area contributed by atoms with Crippen molar-refractivity contribution in [3.63, 3.8) is 0 Å². The lowest BCUT2D eigenvalue weighted by atomic mass is 10.0. The number of benzene rings is 2. The minimum Gasteiger partial charge on any atom is -0.354 e. The molecule has 26 heavy (non-hydrogen) atoms. The third kappa shape index (κ3) is 3.85. The minimum atomic E-state index is 0.707. The third-order valence-electron chi connectivity index (χ3n) is 4.80. The Hall–Kier alpha value is -2.88. The molecule has 1 aromatic heterocycles. The fourth-order valence-electron chi connectivity index (χ4n) is 3.49. The van der Waals surface area contributed by atoms with Gasteiger partial charge in [-0.3, -0.25) is 0 Å². The van der Waals surface area contributed by atoms with Crippen LogP contribution in [0, 0.1) is 0 Å². The van der Waals surface area contributed by atoms with Crippen LogP contribution in [0.1, 0.15) is 24.0 Å². The maximum atomic E-state index is 4.74. The van der Waals surface area contributed by atoms with Gasteiger partial charge in [0, 0.05) is 25.0 Å². The molecule has 0 atom stereocenters. The molecule has 0 unspecified atom stereocenters. The summed E-state index contributed by atoms with van der Waals surface area (Å²) in [5.41, 5.74) is 4.04. The van der Waals surface area contributed by atoms with Crippen molar-refractivity contribution in [1.82, 2.24) is 9.97 Å². The Morgan fingerprint density at radius 1 is 0.962 bits per heavy atom. The van der Waals surface area contributed by atoms with Gasteiger partial charge >= 0.3 is 0 Å². The number of nitrogens with one attached hydrogen (secondary N) is 1. The Morgan fingerprint density at radius 3 is 2.73 bits per heavy atom. The SMILES string of the molecule is c1ccc(CCCNc2nccc(N3CCCc4ccccc43)n2)cc1. The van der Waals surface area contributed by atoms with Gasteiger partial charge in [0.1, 0.15) is 5.82 Å². The molecule has 1 aliphatic heterocycles. The normalized spacial score (nSPS) is 13.3. The molecule has 0 saturated heterocycles. The largest absolute Gasteiger partial charge is 0.354 e. The molecule has 0 saturated carbocycles. The molecule has 0 radical (unpaired) electrons. The summed E-state index contributed by atoms with van der Waals surface area (Å²) < 4.78 is 0. The summed E-state index contributed by atoms with van der Waals surface area (Å²) >= 11 is 0. The highest BCUT2D eigenvalue weighted by Crippen LogP contribution is 2.32. The number of aromatic nitrogens is 2. The van der Waals surface area contributed by atoms with Crippen LogP contribution in [0.3, 0.4) is 0 Å². The molecule has 1 N–H and O–H groups in total. The van der Waals surface area contributed by atoms with Crippen LogP contribution in [0.25, 0.3) is 0 Å². The van der Waals surface area contributed by atoms with E-state index in [1.54, 1.807) is 0 Å². The molecular formula is C22H24N4. The molecule has 0 amide bonds. The Balaban J connectivity index is 1.40. The summed E-state index contributed by atoms with van der Waals surface area (Å²) in [6.45, 7) is 1.87. The van der Waals surface area contributed by atoms with Gasteiger partial charge in [-0.2, -0.15) is 4.98 Å². The van der Waals surface area contributed by atoms with Crippen molar-refractivity contribution in [3.8, 4) is 0 Å². The van der Waals surface area contributed by atoms with Crippen molar-refractivity contribution in [1.29, 1.82) is 0 Å². The van der Waals surface area contributed by atoms with Gasteiger partial charge < -0.3 is 10.2 Å². The van der Waals surface area contributed by atoms with Crippen LogP contribution in [0.15, 0.2) is 66.9 Å². The van der Waals surface area contributed by atoms with Crippen LogP contribution in [0.2, 0.25) is 0 Å². The van der Waals surface area contributed by atoms with Gasteiger partial charge in [0.25, 0.3) is 0 Å². The first-order valence-corrected chi connectivity index (χ1v) is 9.36. The van der Waals surface area contributed by atoms with Gasteiger partial charge in [0.15, 0.2) is 0 Å². The van der Waals surface area contributed by atoms with E-state index >= 15 is 0 Å². The molecule has 132 valence electrons. The fourth-order valence-corrected chi connectivity index (χ4v) is 3.49. The van der Waals surface area contributed by atoms with Gasteiger partial charge in [0.05, 0.1) is 0 Å². The molecule has 2 aromatic carbocycles. The third-order valence-corrected chi connectivity index (χ3v) is 4.80. The predicted molar refractivity (Wildman–Crippen MR) is 107 cm³/mol. The predicted octanol–water partition coefficient (Wildman–Crippen LogP) is 4.61. The number of anilines is 3. The number of rotatable bonds is 6. The summed E-state index contributed by atoms with van der Waals surface area (Å²) in [5, 5.41) is 3.37. The number of hydrogen-bond donors (Lipinski definition) is 1. The Labute approximate surface area is 154 Å². The van der Waals surface area contributed by atoms with Crippen LogP contribution in [0.4, 0.5) is 17.5 Å². The van der Waals surface area contributed by atoms with Gasteiger partial charge in [-0.1, -0.05) is 48.5 Å². The second-order valence-corrected chi connectivity index (χ2v) is 6.64. The number of fused-ring (bicyclic) bond motifs is 1. The van der Waals surface area contributed by atoms with Gasteiger partial charge in [-0.15, -0.1) is 0 Å². The second-order valence-electron chi connectivity index (χ2n) is 6.64. The molecule has 4 rings (SSSR count). The topological polar surface area (TPSA) is 41.1 Å². The van der Waals surface area contributed by atoms with E-state index in [9.17, 15) is 0 Å². The van der Waals surface area contributed by atoms with Crippen molar-refractivity contribution in [3.05, 3.63) is 78.0 Å². The lowest BCUT2D eigenvalue weighted by molar-refractivity contribution is 0.758. The van der Waals surface area contributed by atoms with Crippen molar-refractivity contribution < 1.29 is 0 Å². The Morgan fingerprint density at radius 2 is 1.81 bits per heavy atom. The molecule has 0 bridgehead atoms. The van der Waals surface area contributed by atoms with Crippen LogP contribution in [-0.2, 0) is 12.8 Å². The smallest absolute Gasteiger partial charge is 0.224 e. The maximum Gasteiger partial charge on any atom is 0.224 e. The zero-order chi connectivity index (χ0) is 17.6. The Kier molecular flexibility index (Phi) is 5.10. The summed E-state index contributed by atoms with van der Waals surface area (Å²) in [7, 11) is 0. The summed E-state index contributed by atoms with van der Waals surface area (Å²) in [5.74, 6) is 1.68. The van der Waals surface area contributed by atoms with Crippen LogP contribution in [0.5, 0.6) is 0 Å². The highest BCUT2D eigenvalue weighted by molar-refractivity contribution is 5.65. The first-order valence-electron chi connectivity index (χ1n) is 9.36. The zero-order valence-electron chi connectivity index (χ0n) is 14.9. The first kappa shape index (κ1) is 16.6. The minimum absolute atomic E-state index is 0.707. The molecule has 4 nitrogen and oxygen atoms in total. The van der Waals surface area contributed by atoms with Gasteiger partial charge in [0.2, 0.25) is 5.95 Å². The van der Waals surface area contributed by atoms with E-state index in [4.69, 9.17) is 4.98 Å². The van der Waals surface area contributed by atoms with E-state index in [-0.39, 0.29) is 0 Å². The highest BCUT2D eigenvalue weighted by Gasteiger charge is 2.18. The van der Waals surface area contributed by atoms with Crippen molar-refractivity contribution >= 4 is 17.5 Å². The van der Waals surface area contributed by atoms with Crippen molar-refractivity contribution in [2.24, 2.45) is 0 Å². The Bertz CT molecular complexity index is 848. The number of para-hydroxylation sites is 1. The average Bonchev–Trinajstić information content (AvgIpc) is 2.72. The summed E-state index contributed by atoms with van der Waals surface area (Å²) in [4.78, 5) is 11.4. The first-order chi connectivity index (χ1) is 12.9. The van der Waals surface area contributed by atoms with E-state index < -0.39 is 0 Å². The van der Waals surface area contributed by atoms with E-state index in [1.165, 1.54) is 16.8 Å². The van der Waals surface area contributed by atoms with Crippen LogP contribution in [-0.4, -0.2) is 23.1 Å². The molecule has 2 heterocycles. The van der Waals surface area contributed by atoms with Crippen molar-refractivity contribution in [2.45, 2.75) is 25.7 Å². The van der Waals surface area contributed by atoms with E-state index in [0.717, 1.165) is 44.6 Å². The lowest BCUT2D eigenvalue weighted by Crippen LogP contribution is -2.25. The molecule has 3 aromatic rings. The second kappa shape index (κ2) is 8.00.